The van der Waals surface area contributed by atoms with Crippen LogP contribution in [0.3, 0.4) is 0 Å². The lowest BCUT2D eigenvalue weighted by Gasteiger charge is -2.32. The summed E-state index contributed by atoms with van der Waals surface area (Å²) >= 11 is 0. The zero-order valence-corrected chi connectivity index (χ0v) is 18.1. The molecule has 2 fully saturated rings. The van der Waals surface area contributed by atoms with Crippen molar-refractivity contribution in [1.82, 2.24) is 25.0 Å². The van der Waals surface area contributed by atoms with Gasteiger partial charge in [0.1, 0.15) is 18.1 Å². The van der Waals surface area contributed by atoms with Gasteiger partial charge in [-0.05, 0) is 37.7 Å². The highest BCUT2D eigenvalue weighted by atomic mass is 16.5. The van der Waals surface area contributed by atoms with E-state index in [4.69, 9.17) is 9.73 Å². The summed E-state index contributed by atoms with van der Waals surface area (Å²) in [5.41, 5.74) is 1.72. The summed E-state index contributed by atoms with van der Waals surface area (Å²) in [5, 5.41) is 12.3. The molecule has 30 heavy (non-hydrogen) atoms. The molecule has 1 aromatic carbocycles. The van der Waals surface area contributed by atoms with Gasteiger partial charge in [0.25, 0.3) is 0 Å². The van der Waals surface area contributed by atoms with Gasteiger partial charge in [-0.2, -0.15) is 0 Å². The number of aliphatic imine (C=N–C) groups is 1. The second-order valence-corrected chi connectivity index (χ2v) is 9.11. The summed E-state index contributed by atoms with van der Waals surface area (Å²) in [6.45, 7) is 5.43. The van der Waals surface area contributed by atoms with Gasteiger partial charge in [0.2, 0.25) is 0 Å². The molecule has 1 atom stereocenters. The Morgan fingerprint density at radius 1 is 1.23 bits per heavy atom. The zero-order chi connectivity index (χ0) is 20.6. The van der Waals surface area contributed by atoms with Crippen LogP contribution < -0.4 is 10.1 Å². The fourth-order valence-corrected chi connectivity index (χ4v) is 5.27. The Kier molecular flexibility index (Phi) is 5.13. The van der Waals surface area contributed by atoms with Gasteiger partial charge in [0, 0.05) is 32.1 Å². The van der Waals surface area contributed by atoms with E-state index in [-0.39, 0.29) is 6.04 Å². The van der Waals surface area contributed by atoms with Gasteiger partial charge in [-0.3, -0.25) is 0 Å². The normalized spacial score (nSPS) is 22.9. The molecule has 1 aromatic heterocycles. The van der Waals surface area contributed by atoms with Crippen LogP contribution in [0.5, 0.6) is 5.75 Å². The Hall–Kier alpha value is -2.57. The van der Waals surface area contributed by atoms with E-state index in [0.29, 0.717) is 12.0 Å². The number of nitrogens with one attached hydrogen (secondary N) is 1. The molecule has 2 aromatic rings. The number of hydrogen-bond donors (Lipinski definition) is 1. The van der Waals surface area contributed by atoms with Crippen LogP contribution >= 0.6 is 0 Å². The largest absolute Gasteiger partial charge is 0.493 e. The maximum absolute atomic E-state index is 5.87. The summed E-state index contributed by atoms with van der Waals surface area (Å²) < 4.78 is 7.89. The number of aryl methyl sites for hydroxylation is 1. The van der Waals surface area contributed by atoms with Crippen molar-refractivity contribution >= 4 is 5.96 Å². The van der Waals surface area contributed by atoms with Gasteiger partial charge < -0.3 is 19.5 Å². The van der Waals surface area contributed by atoms with Gasteiger partial charge in [-0.25, -0.2) is 4.99 Å². The highest BCUT2D eigenvalue weighted by molar-refractivity contribution is 5.81. The first-order valence-electron chi connectivity index (χ1n) is 11.3. The first-order chi connectivity index (χ1) is 14.6. The predicted molar refractivity (Wildman–Crippen MR) is 116 cm³/mol. The lowest BCUT2D eigenvalue weighted by atomic mass is 9.86. The van der Waals surface area contributed by atoms with E-state index in [1.807, 2.05) is 24.6 Å². The van der Waals surface area contributed by atoms with E-state index < -0.39 is 0 Å². The van der Waals surface area contributed by atoms with Crippen molar-refractivity contribution in [1.29, 1.82) is 0 Å². The molecule has 3 heterocycles. The van der Waals surface area contributed by atoms with Crippen molar-refractivity contribution in [3.63, 3.8) is 0 Å². The number of hydrogen-bond acceptors (Lipinski definition) is 4. The molecule has 1 spiro atoms. The minimum Gasteiger partial charge on any atom is -0.493 e. The number of aromatic nitrogens is 3. The molecule has 1 N–H and O–H groups in total. The second-order valence-electron chi connectivity index (χ2n) is 9.11. The maximum Gasteiger partial charge on any atom is 0.194 e. The summed E-state index contributed by atoms with van der Waals surface area (Å²) in [7, 11) is 2.01. The fraction of sp³-hybridized carbons (Fsp3) is 0.609. The molecule has 1 aliphatic carbocycles. The Morgan fingerprint density at radius 3 is 2.87 bits per heavy atom. The lowest BCUT2D eigenvalue weighted by Crippen LogP contribution is -2.44. The smallest absolute Gasteiger partial charge is 0.194 e. The molecule has 5 rings (SSSR count). The highest BCUT2D eigenvalue weighted by Crippen LogP contribution is 2.45. The first kappa shape index (κ1) is 19.4. The number of para-hydroxylation sites is 1. The van der Waals surface area contributed by atoms with Gasteiger partial charge in [-0.1, -0.05) is 31.0 Å². The number of benzene rings is 1. The van der Waals surface area contributed by atoms with E-state index in [9.17, 15) is 0 Å². The van der Waals surface area contributed by atoms with Gasteiger partial charge >= 0.3 is 0 Å². The minimum absolute atomic E-state index is 0.218. The van der Waals surface area contributed by atoms with E-state index in [1.54, 1.807) is 0 Å². The average Bonchev–Trinajstić information content (AvgIpc) is 3.49. The maximum atomic E-state index is 5.87. The molecule has 2 aliphatic heterocycles. The topological polar surface area (TPSA) is 67.6 Å². The summed E-state index contributed by atoms with van der Waals surface area (Å²) in [4.78, 5) is 7.52. The molecule has 1 saturated heterocycles. The van der Waals surface area contributed by atoms with Crippen molar-refractivity contribution in [3.8, 4) is 5.75 Å². The zero-order valence-electron chi connectivity index (χ0n) is 18.1. The van der Waals surface area contributed by atoms with Crippen LogP contribution in [0.25, 0.3) is 0 Å². The third-order valence-corrected chi connectivity index (χ3v) is 7.22. The predicted octanol–water partition coefficient (Wildman–Crippen LogP) is 3.36. The fourth-order valence-electron chi connectivity index (χ4n) is 5.27. The molecule has 1 unspecified atom stereocenters. The van der Waals surface area contributed by atoms with Crippen molar-refractivity contribution in [3.05, 3.63) is 41.5 Å². The van der Waals surface area contributed by atoms with Crippen LogP contribution in [0.4, 0.5) is 0 Å². The second kappa shape index (κ2) is 7.93. The van der Waals surface area contributed by atoms with Gasteiger partial charge in [0.15, 0.2) is 11.8 Å². The van der Waals surface area contributed by atoms with Crippen molar-refractivity contribution in [2.45, 2.75) is 58.0 Å². The number of fused-ring (bicyclic) bond motifs is 1. The SMILES string of the molecule is Cc1nnc(CN=C(NC2CCOc3ccccc32)N2CCC3(CCCC3)C2)n1C. The molecule has 0 amide bonds. The molecule has 3 aliphatic rings. The molecule has 1 saturated carbocycles. The van der Waals surface area contributed by atoms with E-state index in [2.05, 4.69) is 38.6 Å². The Labute approximate surface area is 178 Å². The number of guanidine groups is 1. The van der Waals surface area contributed by atoms with Crippen LogP contribution in [-0.2, 0) is 13.6 Å². The third kappa shape index (κ3) is 3.66. The Balaban J connectivity index is 1.40. The van der Waals surface area contributed by atoms with Crippen LogP contribution in [0.2, 0.25) is 0 Å². The highest BCUT2D eigenvalue weighted by Gasteiger charge is 2.41. The summed E-state index contributed by atoms with van der Waals surface area (Å²) in [5.74, 6) is 3.80. The van der Waals surface area contributed by atoms with E-state index in [0.717, 1.165) is 49.5 Å². The standard InChI is InChI=1S/C23H32N6O/c1-17-26-27-21(28(17)2)15-24-22(29-13-12-23(16-29)10-5-6-11-23)25-19-9-14-30-20-8-4-3-7-18(19)20/h3-4,7-8,19H,5-6,9-16H2,1-2H3,(H,24,25). The first-order valence-corrected chi connectivity index (χ1v) is 11.3. The minimum atomic E-state index is 0.218. The van der Waals surface area contributed by atoms with Gasteiger partial charge in [0.05, 0.1) is 12.6 Å². The number of ether oxygens (including phenoxy) is 1. The van der Waals surface area contributed by atoms with E-state index >= 15 is 0 Å². The molecular formula is C23H32N6O. The molecule has 0 radical (unpaired) electrons. The number of likely N-dealkylation sites (tertiary alicyclic amines) is 1. The molecule has 7 nitrogen and oxygen atoms in total. The summed E-state index contributed by atoms with van der Waals surface area (Å²) in [6.07, 6.45) is 7.69. The van der Waals surface area contributed by atoms with Crippen molar-refractivity contribution in [2.75, 3.05) is 19.7 Å². The molecular weight excluding hydrogens is 376 g/mol. The summed E-state index contributed by atoms with van der Waals surface area (Å²) in [6, 6.07) is 8.57. The Morgan fingerprint density at radius 2 is 2.07 bits per heavy atom. The Bertz CT molecular complexity index is 930. The third-order valence-electron chi connectivity index (χ3n) is 7.22. The lowest BCUT2D eigenvalue weighted by molar-refractivity contribution is 0.258. The number of nitrogens with zero attached hydrogens (tertiary/aromatic N) is 5. The van der Waals surface area contributed by atoms with E-state index in [1.165, 1.54) is 37.7 Å². The van der Waals surface area contributed by atoms with Gasteiger partial charge in [-0.15, -0.1) is 10.2 Å². The van der Waals surface area contributed by atoms with Crippen LogP contribution in [0.15, 0.2) is 29.3 Å². The number of rotatable bonds is 3. The van der Waals surface area contributed by atoms with Crippen LogP contribution in [0.1, 0.15) is 61.8 Å². The van der Waals surface area contributed by atoms with Crippen LogP contribution in [-0.4, -0.2) is 45.3 Å². The molecule has 0 bridgehead atoms. The average molecular weight is 409 g/mol. The monoisotopic (exact) mass is 408 g/mol. The van der Waals surface area contributed by atoms with Crippen molar-refractivity contribution in [2.24, 2.45) is 17.5 Å². The molecule has 160 valence electrons. The molecule has 7 heteroatoms. The quantitative estimate of drug-likeness (QED) is 0.623. The van der Waals surface area contributed by atoms with Crippen molar-refractivity contribution < 1.29 is 4.74 Å². The van der Waals surface area contributed by atoms with Crippen LogP contribution in [0, 0.1) is 12.3 Å².